The monoisotopic (exact) mass is 404 g/mol. The zero-order valence-electron chi connectivity index (χ0n) is 17.0. The molecule has 30 heavy (non-hydrogen) atoms. The van der Waals surface area contributed by atoms with Gasteiger partial charge in [0.15, 0.2) is 18.1 Å². The molecule has 0 aliphatic heterocycles. The Morgan fingerprint density at radius 2 is 1.77 bits per heavy atom. The van der Waals surface area contributed by atoms with Gasteiger partial charge >= 0.3 is 0 Å². The van der Waals surface area contributed by atoms with Crippen LogP contribution in [0.3, 0.4) is 0 Å². The first-order valence-corrected chi connectivity index (χ1v) is 9.50. The Labute approximate surface area is 176 Å². The summed E-state index contributed by atoms with van der Waals surface area (Å²) in [6.07, 6.45) is 1.52. The highest BCUT2D eigenvalue weighted by Gasteiger charge is 2.06. The Morgan fingerprint density at radius 1 is 1.00 bits per heavy atom. The molecule has 3 rings (SSSR count). The van der Waals surface area contributed by atoms with Gasteiger partial charge in [-0.3, -0.25) is 4.79 Å². The maximum Gasteiger partial charge on any atom is 0.265 e. The first kappa shape index (κ1) is 20.9. The van der Waals surface area contributed by atoms with Crippen LogP contribution in [0.2, 0.25) is 0 Å². The Balaban J connectivity index is 1.51. The minimum atomic E-state index is -0.282. The van der Waals surface area contributed by atoms with Gasteiger partial charge in [0, 0.05) is 11.3 Å². The fourth-order valence-electron chi connectivity index (χ4n) is 2.64. The minimum absolute atomic E-state index is 0.180. The number of methoxy groups -OCH3 is 1. The summed E-state index contributed by atoms with van der Waals surface area (Å²) in [5.41, 5.74) is 3.76. The van der Waals surface area contributed by atoms with Crippen molar-refractivity contribution in [2.45, 2.75) is 13.5 Å². The average molecular weight is 404 g/mol. The van der Waals surface area contributed by atoms with Gasteiger partial charge in [-0.1, -0.05) is 53.2 Å². The Bertz CT molecular complexity index is 986. The molecule has 6 heteroatoms. The Kier molecular flexibility index (Phi) is 7.44. The summed E-state index contributed by atoms with van der Waals surface area (Å²) in [7, 11) is 1.58. The predicted molar refractivity (Wildman–Crippen MR) is 117 cm³/mol. The van der Waals surface area contributed by atoms with Crippen LogP contribution in [-0.2, 0) is 16.2 Å². The van der Waals surface area contributed by atoms with Crippen LogP contribution in [0.4, 0.5) is 5.69 Å². The second-order valence-corrected chi connectivity index (χ2v) is 6.61. The maximum absolute atomic E-state index is 11.8. The zero-order valence-corrected chi connectivity index (χ0v) is 17.0. The molecule has 0 aliphatic carbocycles. The first-order valence-electron chi connectivity index (χ1n) is 9.50. The molecule has 0 bridgehead atoms. The normalized spacial score (nSPS) is 10.6. The van der Waals surface area contributed by atoms with Crippen molar-refractivity contribution in [3.05, 3.63) is 89.5 Å². The number of aryl methyl sites for hydroxylation is 1. The van der Waals surface area contributed by atoms with Crippen molar-refractivity contribution >= 4 is 17.8 Å². The lowest BCUT2D eigenvalue weighted by Gasteiger charge is -2.11. The number of para-hydroxylation sites is 1. The molecule has 3 aromatic rings. The molecule has 0 fully saturated rings. The summed E-state index contributed by atoms with van der Waals surface area (Å²) in [6.45, 7) is 2.32. The van der Waals surface area contributed by atoms with Crippen LogP contribution in [-0.4, -0.2) is 25.8 Å². The van der Waals surface area contributed by atoms with E-state index in [-0.39, 0.29) is 12.5 Å². The van der Waals surface area contributed by atoms with E-state index in [9.17, 15) is 4.79 Å². The number of ether oxygens (including phenoxy) is 2. The molecule has 1 amide bonds. The lowest BCUT2D eigenvalue weighted by molar-refractivity contribution is -0.120. The zero-order chi connectivity index (χ0) is 21.2. The van der Waals surface area contributed by atoms with Crippen LogP contribution in [0.5, 0.6) is 11.5 Å². The Morgan fingerprint density at radius 3 is 2.50 bits per heavy atom. The number of nitrogens with zero attached hydrogens (tertiary/aromatic N) is 1. The molecule has 3 aromatic carbocycles. The van der Waals surface area contributed by atoms with Crippen molar-refractivity contribution < 1.29 is 19.1 Å². The highest BCUT2D eigenvalue weighted by atomic mass is 16.6. The van der Waals surface area contributed by atoms with Crippen molar-refractivity contribution in [3.8, 4) is 11.5 Å². The highest BCUT2D eigenvalue weighted by Crippen LogP contribution is 2.28. The van der Waals surface area contributed by atoms with Gasteiger partial charge in [0.2, 0.25) is 0 Å². The van der Waals surface area contributed by atoms with Gasteiger partial charge in [0.1, 0.15) is 6.61 Å². The largest absolute Gasteiger partial charge is 0.493 e. The SMILES string of the molecule is COc1cc(C=NOCC(=O)Nc2ccccc2)ccc1OCc1ccc(C)cc1. The van der Waals surface area contributed by atoms with Crippen molar-refractivity contribution in [2.75, 3.05) is 19.0 Å². The number of carbonyl (C=O) groups is 1. The number of rotatable bonds is 9. The second-order valence-electron chi connectivity index (χ2n) is 6.61. The van der Waals surface area contributed by atoms with Crippen LogP contribution in [0.15, 0.2) is 78.0 Å². The number of amides is 1. The van der Waals surface area contributed by atoms with Gasteiger partial charge in [0.25, 0.3) is 5.91 Å². The van der Waals surface area contributed by atoms with E-state index in [0.29, 0.717) is 23.8 Å². The number of nitrogens with one attached hydrogen (secondary N) is 1. The summed E-state index contributed by atoms with van der Waals surface area (Å²) in [6, 6.07) is 22.8. The van der Waals surface area contributed by atoms with E-state index in [1.807, 2.05) is 49.4 Å². The van der Waals surface area contributed by atoms with Crippen molar-refractivity contribution in [1.29, 1.82) is 0 Å². The van der Waals surface area contributed by atoms with E-state index in [2.05, 4.69) is 22.6 Å². The molecule has 0 atom stereocenters. The van der Waals surface area contributed by atoms with E-state index in [1.165, 1.54) is 11.8 Å². The van der Waals surface area contributed by atoms with E-state index in [1.54, 1.807) is 25.3 Å². The fraction of sp³-hybridized carbons (Fsp3) is 0.167. The van der Waals surface area contributed by atoms with E-state index >= 15 is 0 Å². The molecule has 0 saturated carbocycles. The minimum Gasteiger partial charge on any atom is -0.493 e. The lowest BCUT2D eigenvalue weighted by Crippen LogP contribution is -2.16. The van der Waals surface area contributed by atoms with Crippen molar-refractivity contribution in [2.24, 2.45) is 5.16 Å². The summed E-state index contributed by atoms with van der Waals surface area (Å²) < 4.78 is 11.3. The molecule has 0 aromatic heterocycles. The smallest absolute Gasteiger partial charge is 0.265 e. The molecular weight excluding hydrogens is 380 g/mol. The molecule has 0 unspecified atom stereocenters. The molecule has 6 nitrogen and oxygen atoms in total. The van der Waals surface area contributed by atoms with Gasteiger partial charge in [-0.25, -0.2) is 0 Å². The molecule has 1 N–H and O–H groups in total. The molecule has 154 valence electrons. The highest BCUT2D eigenvalue weighted by molar-refractivity contribution is 5.91. The van der Waals surface area contributed by atoms with Gasteiger partial charge < -0.3 is 19.6 Å². The molecular formula is C24H24N2O4. The van der Waals surface area contributed by atoms with Gasteiger partial charge in [0.05, 0.1) is 13.3 Å². The van der Waals surface area contributed by atoms with Crippen LogP contribution in [0.1, 0.15) is 16.7 Å². The van der Waals surface area contributed by atoms with Gasteiger partial charge in [-0.15, -0.1) is 0 Å². The third-order valence-electron chi connectivity index (χ3n) is 4.23. The molecule has 0 heterocycles. The van der Waals surface area contributed by atoms with Gasteiger partial charge in [-0.2, -0.15) is 0 Å². The number of benzene rings is 3. The van der Waals surface area contributed by atoms with Crippen molar-refractivity contribution in [3.63, 3.8) is 0 Å². The van der Waals surface area contributed by atoms with Crippen LogP contribution < -0.4 is 14.8 Å². The summed E-state index contributed by atoms with van der Waals surface area (Å²) in [5, 5.41) is 6.57. The number of hydrogen-bond acceptors (Lipinski definition) is 5. The standard InChI is InChI=1S/C24H24N2O4/c1-18-8-10-19(11-9-18)16-29-22-13-12-20(14-23(22)28-2)15-25-30-17-24(27)26-21-6-4-3-5-7-21/h3-15H,16-17H2,1-2H3,(H,26,27). The number of oxime groups is 1. The number of anilines is 1. The van der Waals surface area contributed by atoms with E-state index < -0.39 is 0 Å². The van der Waals surface area contributed by atoms with E-state index in [4.69, 9.17) is 14.3 Å². The molecule has 0 spiro atoms. The average Bonchev–Trinajstić information content (AvgIpc) is 2.77. The topological polar surface area (TPSA) is 69.2 Å². The Hall–Kier alpha value is -3.80. The lowest BCUT2D eigenvalue weighted by atomic mass is 10.2. The maximum atomic E-state index is 11.8. The third-order valence-corrected chi connectivity index (χ3v) is 4.23. The van der Waals surface area contributed by atoms with Crippen LogP contribution in [0, 0.1) is 6.92 Å². The second kappa shape index (κ2) is 10.7. The predicted octanol–water partition coefficient (Wildman–Crippen LogP) is 4.57. The number of hydrogen-bond donors (Lipinski definition) is 1. The van der Waals surface area contributed by atoms with Crippen LogP contribution in [0.25, 0.3) is 0 Å². The summed E-state index contributed by atoms with van der Waals surface area (Å²) >= 11 is 0. The number of carbonyl (C=O) groups excluding carboxylic acids is 1. The third kappa shape index (κ3) is 6.38. The van der Waals surface area contributed by atoms with E-state index in [0.717, 1.165) is 11.1 Å². The quantitative estimate of drug-likeness (QED) is 0.419. The molecule has 0 saturated heterocycles. The fourth-order valence-corrected chi connectivity index (χ4v) is 2.64. The van der Waals surface area contributed by atoms with Crippen LogP contribution >= 0.6 is 0 Å². The summed E-state index contributed by atoms with van der Waals surface area (Å²) in [4.78, 5) is 16.9. The van der Waals surface area contributed by atoms with Crippen molar-refractivity contribution in [1.82, 2.24) is 0 Å². The van der Waals surface area contributed by atoms with Gasteiger partial charge in [-0.05, 0) is 42.8 Å². The molecule has 0 radical (unpaired) electrons. The molecule has 0 aliphatic rings. The first-order chi connectivity index (χ1) is 14.6. The summed E-state index contributed by atoms with van der Waals surface area (Å²) in [5.74, 6) is 0.946.